The second-order valence-electron chi connectivity index (χ2n) is 8.43. The fourth-order valence-corrected chi connectivity index (χ4v) is 6.05. The zero-order chi connectivity index (χ0) is 24.6. The van der Waals surface area contributed by atoms with Crippen molar-refractivity contribution in [3.05, 3.63) is 88.2 Å². The Hall–Kier alpha value is -3.74. The summed E-state index contributed by atoms with van der Waals surface area (Å²) in [6.07, 6.45) is 3.66. The van der Waals surface area contributed by atoms with E-state index in [4.69, 9.17) is 9.47 Å². The van der Waals surface area contributed by atoms with E-state index in [1.54, 1.807) is 49.4 Å². The molecule has 1 fully saturated rings. The Bertz CT molecular complexity index is 1330. The van der Waals surface area contributed by atoms with E-state index in [-0.39, 0.29) is 18.1 Å². The zero-order valence-electron chi connectivity index (χ0n) is 19.3. The highest BCUT2D eigenvalue weighted by Gasteiger charge is 2.51. The van der Waals surface area contributed by atoms with E-state index in [2.05, 4.69) is 11.2 Å². The van der Waals surface area contributed by atoms with Gasteiger partial charge in [0.2, 0.25) is 5.91 Å². The number of nitrogens with zero attached hydrogens (tertiary/aromatic N) is 4. The average Bonchev–Trinajstić information content (AvgIpc) is 3.52. The molecule has 2 aliphatic heterocycles. The first-order valence-corrected chi connectivity index (χ1v) is 12.1. The number of aromatic nitrogens is 2. The van der Waals surface area contributed by atoms with Crippen molar-refractivity contribution in [2.75, 3.05) is 20.0 Å². The fourth-order valence-electron chi connectivity index (χ4n) is 4.69. The number of amides is 1. The van der Waals surface area contributed by atoms with Crippen molar-refractivity contribution in [1.29, 1.82) is 5.26 Å². The lowest BCUT2D eigenvalue weighted by molar-refractivity contribution is -0.149. The molecule has 35 heavy (non-hydrogen) atoms. The molecule has 5 rings (SSSR count). The van der Waals surface area contributed by atoms with E-state index in [0.29, 0.717) is 34.2 Å². The van der Waals surface area contributed by atoms with Gasteiger partial charge < -0.3 is 14.6 Å². The Kier molecular flexibility index (Phi) is 6.01. The number of aliphatic hydroxyl groups is 1. The molecule has 9 heteroatoms. The van der Waals surface area contributed by atoms with Crippen LogP contribution in [0.15, 0.2) is 71.5 Å². The lowest BCUT2D eigenvalue weighted by atomic mass is 9.84. The summed E-state index contributed by atoms with van der Waals surface area (Å²) >= 11 is 1.33. The van der Waals surface area contributed by atoms with Crippen LogP contribution < -0.4 is 9.47 Å². The number of hydrogen-bond acceptors (Lipinski definition) is 7. The van der Waals surface area contributed by atoms with E-state index in [1.807, 2.05) is 30.5 Å². The molecule has 2 aliphatic rings. The number of thioether (sulfide) groups is 1. The largest absolute Gasteiger partial charge is 0.497 e. The zero-order valence-corrected chi connectivity index (χ0v) is 20.2. The number of carbonyl (C=O) groups excluding carboxylic acids is 1. The van der Waals surface area contributed by atoms with Gasteiger partial charge in [0.15, 0.2) is 5.72 Å². The number of nitriles is 1. The molecule has 1 N–H and O–H groups in total. The summed E-state index contributed by atoms with van der Waals surface area (Å²) in [4.78, 5) is 14.8. The Balaban J connectivity index is 1.53. The lowest BCUT2D eigenvalue weighted by Crippen LogP contribution is -2.48. The number of rotatable bonds is 6. The molecule has 0 bridgehead atoms. The Morgan fingerprint density at radius 1 is 1.23 bits per heavy atom. The predicted octanol–water partition coefficient (Wildman–Crippen LogP) is 3.59. The molecule has 3 aromatic rings. The van der Waals surface area contributed by atoms with Crippen LogP contribution in [0.25, 0.3) is 0 Å². The smallest absolute Gasteiger partial charge is 0.231 e. The van der Waals surface area contributed by atoms with Gasteiger partial charge in [0.25, 0.3) is 0 Å². The SMILES string of the molecule is COc1ccc([C@]2(O)CSC3=C(C#N)[C@H](c4ccc(OC)c(Cn5cccn5)c4)CC(=O)N32)cc1. The van der Waals surface area contributed by atoms with Crippen molar-refractivity contribution in [2.24, 2.45) is 0 Å². The first kappa shape index (κ1) is 23.0. The summed E-state index contributed by atoms with van der Waals surface area (Å²) in [5, 5.41) is 26.5. The topological polar surface area (TPSA) is 101 Å². The highest BCUT2D eigenvalue weighted by molar-refractivity contribution is 8.03. The first-order chi connectivity index (χ1) is 17.0. The molecule has 2 atom stereocenters. The Labute approximate surface area is 207 Å². The third kappa shape index (κ3) is 3.95. The van der Waals surface area contributed by atoms with Crippen molar-refractivity contribution in [2.45, 2.75) is 24.6 Å². The van der Waals surface area contributed by atoms with Gasteiger partial charge in [-0.3, -0.25) is 14.4 Å². The van der Waals surface area contributed by atoms with Crippen LogP contribution in [-0.4, -0.2) is 45.7 Å². The minimum atomic E-state index is -1.53. The molecule has 1 saturated heterocycles. The maximum atomic E-state index is 13.4. The van der Waals surface area contributed by atoms with Gasteiger partial charge in [0.05, 0.1) is 43.2 Å². The predicted molar refractivity (Wildman–Crippen MR) is 131 cm³/mol. The number of carbonyl (C=O) groups is 1. The standard InChI is InChI=1S/C26H24N4O4S/c1-33-20-7-5-19(6-8-20)26(32)16-35-25-22(14-27)21(13-24(31)30(25)26)17-4-9-23(34-2)18(12-17)15-29-11-3-10-28-29/h3-12,21,32H,13,15-16H2,1-2H3/t21-,26+/m0/s1. The molecule has 8 nitrogen and oxygen atoms in total. The summed E-state index contributed by atoms with van der Waals surface area (Å²) in [7, 11) is 3.19. The van der Waals surface area contributed by atoms with E-state index in [9.17, 15) is 15.2 Å². The minimum Gasteiger partial charge on any atom is -0.497 e. The van der Waals surface area contributed by atoms with E-state index >= 15 is 0 Å². The molecule has 0 saturated carbocycles. The van der Waals surface area contributed by atoms with Gasteiger partial charge in [0.1, 0.15) is 11.5 Å². The molecule has 178 valence electrons. The Morgan fingerprint density at radius 3 is 2.69 bits per heavy atom. The molecule has 0 spiro atoms. The van der Waals surface area contributed by atoms with Gasteiger partial charge in [-0.1, -0.05) is 18.2 Å². The van der Waals surface area contributed by atoms with Crippen molar-refractivity contribution in [3.8, 4) is 17.6 Å². The first-order valence-electron chi connectivity index (χ1n) is 11.1. The van der Waals surface area contributed by atoms with E-state index in [0.717, 1.165) is 11.1 Å². The molecule has 1 aromatic heterocycles. The number of hydrogen-bond donors (Lipinski definition) is 1. The number of ether oxygens (including phenoxy) is 2. The third-order valence-electron chi connectivity index (χ3n) is 6.46. The van der Waals surface area contributed by atoms with Gasteiger partial charge >= 0.3 is 0 Å². The summed E-state index contributed by atoms with van der Waals surface area (Å²) in [5.41, 5.74) is 1.29. The second-order valence-corrected chi connectivity index (χ2v) is 9.39. The summed E-state index contributed by atoms with van der Waals surface area (Å²) in [6.45, 7) is 0.501. The van der Waals surface area contributed by atoms with Gasteiger partial charge in [-0.2, -0.15) is 10.4 Å². The number of fused-ring (bicyclic) bond motifs is 1. The fraction of sp³-hybridized carbons (Fsp3) is 0.269. The molecule has 0 radical (unpaired) electrons. The molecule has 1 amide bonds. The molecular formula is C26H24N4O4S. The molecular weight excluding hydrogens is 464 g/mol. The van der Waals surface area contributed by atoms with Gasteiger partial charge in [0, 0.05) is 35.9 Å². The number of methoxy groups -OCH3 is 2. The quantitative estimate of drug-likeness (QED) is 0.566. The van der Waals surface area contributed by atoms with Crippen molar-refractivity contribution in [1.82, 2.24) is 14.7 Å². The highest BCUT2D eigenvalue weighted by atomic mass is 32.2. The van der Waals surface area contributed by atoms with Crippen LogP contribution in [0.5, 0.6) is 11.5 Å². The van der Waals surface area contributed by atoms with Crippen LogP contribution in [-0.2, 0) is 17.1 Å². The van der Waals surface area contributed by atoms with Crippen LogP contribution in [0.4, 0.5) is 0 Å². The number of allylic oxidation sites excluding steroid dienone is 1. The second kappa shape index (κ2) is 9.13. The van der Waals surface area contributed by atoms with Gasteiger partial charge in [-0.25, -0.2) is 0 Å². The van der Waals surface area contributed by atoms with Crippen LogP contribution >= 0.6 is 11.8 Å². The number of benzene rings is 2. The molecule has 2 aromatic carbocycles. The average molecular weight is 489 g/mol. The molecule has 0 aliphatic carbocycles. The van der Waals surface area contributed by atoms with Crippen LogP contribution in [0.1, 0.15) is 29.0 Å². The van der Waals surface area contributed by atoms with E-state index in [1.165, 1.54) is 16.7 Å². The minimum absolute atomic E-state index is 0.0823. The van der Waals surface area contributed by atoms with Crippen LogP contribution in [0.2, 0.25) is 0 Å². The monoisotopic (exact) mass is 488 g/mol. The third-order valence-corrected chi connectivity index (χ3v) is 7.68. The van der Waals surface area contributed by atoms with Crippen LogP contribution in [0.3, 0.4) is 0 Å². The van der Waals surface area contributed by atoms with Crippen LogP contribution in [0, 0.1) is 11.3 Å². The van der Waals surface area contributed by atoms with E-state index < -0.39 is 11.6 Å². The van der Waals surface area contributed by atoms with Crippen molar-refractivity contribution >= 4 is 17.7 Å². The van der Waals surface area contributed by atoms with Crippen molar-refractivity contribution in [3.63, 3.8) is 0 Å². The maximum Gasteiger partial charge on any atom is 0.231 e. The lowest BCUT2D eigenvalue weighted by Gasteiger charge is -2.38. The molecule has 3 heterocycles. The summed E-state index contributed by atoms with van der Waals surface area (Å²) in [5.74, 6) is 0.976. The molecule has 0 unspecified atom stereocenters. The van der Waals surface area contributed by atoms with Gasteiger partial charge in [-0.15, -0.1) is 11.8 Å². The highest BCUT2D eigenvalue weighted by Crippen LogP contribution is 2.52. The Morgan fingerprint density at radius 2 is 2.03 bits per heavy atom. The summed E-state index contributed by atoms with van der Waals surface area (Å²) in [6, 6.07) is 16.9. The summed E-state index contributed by atoms with van der Waals surface area (Å²) < 4.78 is 12.5. The van der Waals surface area contributed by atoms with Crippen molar-refractivity contribution < 1.29 is 19.4 Å². The maximum absolute atomic E-state index is 13.4. The van der Waals surface area contributed by atoms with Gasteiger partial charge in [-0.05, 0) is 35.9 Å². The normalized spacial score (nSPS) is 21.6.